The van der Waals surface area contributed by atoms with Crippen LogP contribution in [0.1, 0.15) is 0 Å². The normalized spacial score (nSPS) is 11.3. The number of rotatable bonds is 3. The molecule has 0 aliphatic carbocycles. The molecule has 152 valence electrons. The van der Waals surface area contributed by atoms with Crippen LogP contribution < -0.4 is 11.3 Å². The first-order chi connectivity index (χ1) is 15.0. The molecule has 3 aromatic carbocycles. The number of nitrogens with two attached hydrogens (primary N) is 1. The topological polar surface area (TPSA) is 109 Å². The molecule has 8 nitrogen and oxygen atoms in total. The fraction of sp³-hybridized carbons (Fsp3) is 0.0435. The zero-order chi connectivity index (χ0) is 21.7. The lowest BCUT2D eigenvalue weighted by Crippen LogP contribution is -2.23. The highest BCUT2D eigenvalue weighted by Crippen LogP contribution is 2.35. The summed E-state index contributed by atoms with van der Waals surface area (Å²) in [5, 5.41) is 12.1. The van der Waals surface area contributed by atoms with Crippen molar-refractivity contribution in [3.05, 3.63) is 93.3 Å². The average molecular weight is 411 g/mol. The molecule has 5 aromatic rings. The number of nitrogens with zero attached hydrogens (tertiary/aromatic N) is 4. The molecule has 2 heterocycles. The van der Waals surface area contributed by atoms with Crippen molar-refractivity contribution >= 4 is 33.3 Å². The van der Waals surface area contributed by atoms with Crippen molar-refractivity contribution in [3.8, 4) is 17.1 Å². The Labute approximate surface area is 175 Å². The van der Waals surface area contributed by atoms with Crippen molar-refractivity contribution in [3.63, 3.8) is 0 Å². The van der Waals surface area contributed by atoms with Crippen LogP contribution in [0.25, 0.3) is 38.9 Å². The highest BCUT2D eigenvalue weighted by atomic mass is 16.6. The molecule has 0 radical (unpaired) electrons. The molecule has 2 aromatic heterocycles. The van der Waals surface area contributed by atoms with Crippen molar-refractivity contribution in [2.75, 3.05) is 5.73 Å². The lowest BCUT2D eigenvalue weighted by Gasteiger charge is -2.17. The molecule has 2 N–H and O–H groups in total. The van der Waals surface area contributed by atoms with Crippen LogP contribution in [-0.4, -0.2) is 19.0 Å². The molecular weight excluding hydrogens is 394 g/mol. The third kappa shape index (κ3) is 2.77. The summed E-state index contributed by atoms with van der Waals surface area (Å²) in [4.78, 5) is 29.0. The van der Waals surface area contributed by atoms with Crippen LogP contribution in [0.4, 0.5) is 11.5 Å². The smallest absolute Gasteiger partial charge is 0.270 e. The number of para-hydroxylation sites is 3. The Balaban J connectivity index is 1.97. The lowest BCUT2D eigenvalue weighted by atomic mass is 10.0. The van der Waals surface area contributed by atoms with E-state index in [4.69, 9.17) is 10.7 Å². The number of benzene rings is 3. The largest absolute Gasteiger partial charge is 0.384 e. The van der Waals surface area contributed by atoms with E-state index < -0.39 is 10.5 Å². The summed E-state index contributed by atoms with van der Waals surface area (Å²) in [5.74, 6) is 0.790. The van der Waals surface area contributed by atoms with Gasteiger partial charge in [0.2, 0.25) is 0 Å². The summed E-state index contributed by atoms with van der Waals surface area (Å²) >= 11 is 0. The summed E-state index contributed by atoms with van der Waals surface area (Å²) in [6.45, 7) is 0. The summed E-state index contributed by atoms with van der Waals surface area (Å²) in [6, 6.07) is 20.9. The second-order valence-corrected chi connectivity index (χ2v) is 7.21. The first-order valence-electron chi connectivity index (χ1n) is 9.57. The highest BCUT2D eigenvalue weighted by Gasteiger charge is 2.23. The third-order valence-electron chi connectivity index (χ3n) is 5.44. The van der Waals surface area contributed by atoms with Gasteiger partial charge < -0.3 is 10.3 Å². The molecule has 0 atom stereocenters. The van der Waals surface area contributed by atoms with Crippen LogP contribution in [0.3, 0.4) is 0 Å². The molecule has 0 fully saturated rings. The van der Waals surface area contributed by atoms with Crippen LogP contribution >= 0.6 is 0 Å². The molecule has 0 bridgehead atoms. The number of pyridine rings is 1. The first kappa shape index (κ1) is 18.6. The van der Waals surface area contributed by atoms with E-state index in [9.17, 15) is 14.9 Å². The molecule has 5 rings (SSSR count). The Morgan fingerprint density at radius 3 is 2.39 bits per heavy atom. The van der Waals surface area contributed by atoms with Gasteiger partial charge in [-0.3, -0.25) is 19.5 Å². The van der Waals surface area contributed by atoms with Gasteiger partial charge in [0.1, 0.15) is 11.6 Å². The van der Waals surface area contributed by atoms with Crippen molar-refractivity contribution in [2.45, 2.75) is 0 Å². The number of hydrogen-bond donors (Lipinski definition) is 1. The molecule has 0 unspecified atom stereocenters. The van der Waals surface area contributed by atoms with Gasteiger partial charge in [0.25, 0.3) is 11.2 Å². The van der Waals surface area contributed by atoms with Crippen molar-refractivity contribution in [1.82, 2.24) is 14.1 Å². The minimum Gasteiger partial charge on any atom is -0.384 e. The predicted octanol–water partition coefficient (Wildman–Crippen LogP) is 4.03. The first-order valence-corrected chi connectivity index (χ1v) is 9.57. The molecule has 0 aliphatic rings. The fourth-order valence-electron chi connectivity index (χ4n) is 3.96. The van der Waals surface area contributed by atoms with E-state index >= 15 is 0 Å². The Morgan fingerprint density at radius 1 is 0.968 bits per heavy atom. The summed E-state index contributed by atoms with van der Waals surface area (Å²) < 4.78 is 3.28. The monoisotopic (exact) mass is 411 g/mol. The van der Waals surface area contributed by atoms with Crippen molar-refractivity contribution in [1.29, 1.82) is 0 Å². The van der Waals surface area contributed by atoms with E-state index in [-0.39, 0.29) is 16.9 Å². The Bertz CT molecular complexity index is 1550. The van der Waals surface area contributed by atoms with Gasteiger partial charge in [-0.2, -0.15) is 0 Å². The van der Waals surface area contributed by atoms with Gasteiger partial charge in [-0.1, -0.05) is 30.3 Å². The summed E-state index contributed by atoms with van der Waals surface area (Å²) in [5.41, 5.74) is 8.80. The molecular formula is C23H17N5O3. The average Bonchev–Trinajstić information content (AvgIpc) is 3.11. The predicted molar refractivity (Wildman–Crippen MR) is 120 cm³/mol. The van der Waals surface area contributed by atoms with Crippen LogP contribution in [0, 0.1) is 10.1 Å². The molecule has 8 heteroatoms. The second-order valence-electron chi connectivity index (χ2n) is 7.21. The molecule has 0 saturated heterocycles. The number of non-ortho nitro benzene ring substituents is 1. The molecule has 31 heavy (non-hydrogen) atoms. The minimum atomic E-state index is -0.517. The van der Waals surface area contributed by atoms with Gasteiger partial charge >= 0.3 is 0 Å². The summed E-state index contributed by atoms with van der Waals surface area (Å²) in [7, 11) is 1.87. The van der Waals surface area contributed by atoms with Gasteiger partial charge in [0.05, 0.1) is 32.6 Å². The number of nitrogen functional groups attached to an aromatic ring is 1. The van der Waals surface area contributed by atoms with Crippen LogP contribution in [0.5, 0.6) is 0 Å². The van der Waals surface area contributed by atoms with Crippen molar-refractivity contribution in [2.24, 2.45) is 7.05 Å². The standard InChI is InChI=1S/C23H17N5O3/c1-26-19-10-6-5-9-18(19)25-22(26)20-16-12-11-15(28(30)31)13-17(16)23(29)27(21(20)24)14-7-3-2-4-8-14/h2-13H,24H2,1H3. The number of aromatic nitrogens is 3. The Kier molecular flexibility index (Phi) is 4.07. The molecule has 0 aliphatic heterocycles. The number of aryl methyl sites for hydroxylation is 1. The number of fused-ring (bicyclic) bond motifs is 2. The Morgan fingerprint density at radius 2 is 1.68 bits per heavy atom. The molecule has 0 spiro atoms. The number of hydrogen-bond acceptors (Lipinski definition) is 5. The van der Waals surface area contributed by atoms with Gasteiger partial charge in [0.15, 0.2) is 0 Å². The quantitative estimate of drug-likeness (QED) is 0.356. The van der Waals surface area contributed by atoms with E-state index in [1.165, 1.54) is 16.7 Å². The molecule has 0 amide bonds. The van der Waals surface area contributed by atoms with Crippen LogP contribution in [0.15, 0.2) is 77.6 Å². The SMILES string of the molecule is Cn1c(-c2c(N)n(-c3ccccc3)c(=O)c3cc([N+](=O)[O-])ccc23)nc2ccccc21. The van der Waals surface area contributed by atoms with E-state index in [0.29, 0.717) is 22.5 Å². The zero-order valence-electron chi connectivity index (χ0n) is 16.5. The van der Waals surface area contributed by atoms with E-state index in [1.807, 2.05) is 41.9 Å². The Hall–Kier alpha value is -4.46. The van der Waals surface area contributed by atoms with Crippen LogP contribution in [0.2, 0.25) is 0 Å². The van der Waals surface area contributed by atoms with Gasteiger partial charge in [-0.25, -0.2) is 4.98 Å². The third-order valence-corrected chi connectivity index (χ3v) is 5.44. The maximum absolute atomic E-state index is 13.4. The fourth-order valence-corrected chi connectivity index (χ4v) is 3.96. The highest BCUT2D eigenvalue weighted by molar-refractivity contribution is 6.02. The second kappa shape index (κ2) is 6.81. The van der Waals surface area contributed by atoms with E-state index in [1.54, 1.807) is 30.3 Å². The zero-order valence-corrected chi connectivity index (χ0v) is 16.5. The van der Waals surface area contributed by atoms with Gasteiger partial charge in [0, 0.05) is 24.6 Å². The maximum Gasteiger partial charge on any atom is 0.270 e. The summed E-state index contributed by atoms with van der Waals surface area (Å²) in [6.07, 6.45) is 0. The van der Waals surface area contributed by atoms with Gasteiger partial charge in [-0.15, -0.1) is 0 Å². The van der Waals surface area contributed by atoms with E-state index in [0.717, 1.165) is 11.0 Å². The number of nitro groups is 1. The minimum absolute atomic E-state index is 0.162. The number of anilines is 1. The number of imidazole rings is 1. The van der Waals surface area contributed by atoms with Crippen LogP contribution in [-0.2, 0) is 7.05 Å². The van der Waals surface area contributed by atoms with Gasteiger partial charge in [-0.05, 0) is 30.3 Å². The lowest BCUT2D eigenvalue weighted by molar-refractivity contribution is -0.384. The molecule has 0 saturated carbocycles. The van der Waals surface area contributed by atoms with Crippen molar-refractivity contribution < 1.29 is 4.92 Å². The number of nitro benzene ring substituents is 1. The maximum atomic E-state index is 13.4. The van der Waals surface area contributed by atoms with E-state index in [2.05, 4.69) is 0 Å².